The maximum Gasteiger partial charge on any atom is 0.500 e. The van der Waals surface area contributed by atoms with Gasteiger partial charge in [-0.2, -0.15) is 0 Å². The molecule has 0 radical (unpaired) electrons. The van der Waals surface area contributed by atoms with Gasteiger partial charge in [-0.1, -0.05) is 0 Å². The number of carbonyl (C=O) groups is 2. The summed E-state index contributed by atoms with van der Waals surface area (Å²) in [4.78, 5) is 21.5. The van der Waals surface area contributed by atoms with Gasteiger partial charge in [-0.05, 0) is 12.8 Å². The van der Waals surface area contributed by atoms with E-state index in [-0.39, 0.29) is 12.0 Å². The molecule has 0 unspecified atom stereocenters. The Kier molecular flexibility index (Phi) is 7.44. The summed E-state index contributed by atoms with van der Waals surface area (Å²) in [6.45, 7) is 0. The Morgan fingerprint density at radius 1 is 1.22 bits per heavy atom. The van der Waals surface area contributed by atoms with Crippen LogP contribution in [0.2, 0.25) is 6.04 Å². The number of hydrogen-bond donors (Lipinski definition) is 2. The molecule has 3 N–H and O–H groups in total. The van der Waals surface area contributed by atoms with Crippen LogP contribution >= 0.6 is 0 Å². The first-order valence-corrected chi connectivity index (χ1v) is 7.22. The Balaban J connectivity index is 4.47. The molecule has 104 valence electrons. The predicted molar refractivity (Wildman–Crippen MR) is 65.7 cm³/mol. The quantitative estimate of drug-likeness (QED) is 0.458. The van der Waals surface area contributed by atoms with E-state index in [1.165, 1.54) is 21.3 Å². The van der Waals surface area contributed by atoms with Crippen molar-refractivity contribution in [1.82, 2.24) is 0 Å². The first-order chi connectivity index (χ1) is 8.40. The number of hydrogen-bond acceptors (Lipinski definition) is 5. The fraction of sp³-hybridized carbons (Fsp3) is 0.600. The van der Waals surface area contributed by atoms with Crippen molar-refractivity contribution in [3.8, 4) is 0 Å². The van der Waals surface area contributed by atoms with Crippen molar-refractivity contribution >= 4 is 20.7 Å². The van der Waals surface area contributed by atoms with Crippen molar-refractivity contribution in [2.24, 2.45) is 5.73 Å². The minimum absolute atomic E-state index is 0.0336. The molecule has 0 aliphatic rings. The van der Waals surface area contributed by atoms with E-state index < -0.39 is 20.7 Å². The summed E-state index contributed by atoms with van der Waals surface area (Å²) >= 11 is 0. The van der Waals surface area contributed by atoms with Gasteiger partial charge in [0.25, 0.3) is 0 Å². The number of rotatable bonds is 9. The monoisotopic (exact) mass is 277 g/mol. The lowest BCUT2D eigenvalue weighted by molar-refractivity contribution is -0.133. The average Bonchev–Trinajstić information content (AvgIpc) is 2.33. The van der Waals surface area contributed by atoms with E-state index in [0.717, 1.165) is 6.08 Å². The largest absolute Gasteiger partial charge is 0.500 e. The third-order valence-corrected chi connectivity index (χ3v) is 5.29. The molecule has 0 aromatic carbocycles. The molecule has 0 aromatic rings. The summed E-state index contributed by atoms with van der Waals surface area (Å²) in [5.41, 5.74) is 4.89. The second kappa shape index (κ2) is 7.98. The Labute approximate surface area is 107 Å². The van der Waals surface area contributed by atoms with E-state index in [0.29, 0.717) is 12.5 Å². The van der Waals surface area contributed by atoms with Gasteiger partial charge in [-0.3, -0.25) is 4.79 Å². The number of nitrogens with two attached hydrogens (primary N) is 1. The molecule has 7 nitrogen and oxygen atoms in total. The summed E-state index contributed by atoms with van der Waals surface area (Å²) in [6.07, 6.45) is 1.58. The van der Waals surface area contributed by atoms with Gasteiger partial charge in [0.2, 0.25) is 5.91 Å². The molecular formula is C10H19NO6Si. The normalized spacial score (nSPS) is 12.5. The van der Waals surface area contributed by atoms with Crippen LogP contribution in [-0.4, -0.2) is 47.1 Å². The van der Waals surface area contributed by atoms with E-state index >= 15 is 0 Å². The van der Waals surface area contributed by atoms with Crippen LogP contribution in [0.4, 0.5) is 0 Å². The third kappa shape index (κ3) is 5.41. The van der Waals surface area contributed by atoms with Crippen molar-refractivity contribution < 1.29 is 28.0 Å². The predicted octanol–water partition coefficient (Wildman–Crippen LogP) is 0.141. The molecule has 18 heavy (non-hydrogen) atoms. The lowest BCUT2D eigenvalue weighted by Gasteiger charge is -2.24. The number of primary amides is 1. The van der Waals surface area contributed by atoms with Gasteiger partial charge in [0, 0.05) is 39.0 Å². The Morgan fingerprint density at radius 3 is 2.06 bits per heavy atom. The zero-order valence-corrected chi connectivity index (χ0v) is 11.8. The molecule has 8 heteroatoms. The Morgan fingerprint density at radius 2 is 1.72 bits per heavy atom. The fourth-order valence-corrected chi connectivity index (χ4v) is 3.19. The SMILES string of the molecule is CO[Si](CCC/C(=C/C(N)=O)C(=O)O)(OC)OC. The molecule has 0 aromatic heterocycles. The number of amides is 1. The van der Waals surface area contributed by atoms with Gasteiger partial charge in [0.1, 0.15) is 0 Å². The van der Waals surface area contributed by atoms with Crippen LogP contribution in [-0.2, 0) is 22.9 Å². The summed E-state index contributed by atoms with van der Waals surface area (Å²) in [7, 11) is 1.75. The molecule has 0 saturated heterocycles. The van der Waals surface area contributed by atoms with Gasteiger partial charge in [0.05, 0.1) is 0 Å². The second-order valence-corrected chi connectivity index (χ2v) is 6.62. The van der Waals surface area contributed by atoms with Gasteiger partial charge in [-0.25, -0.2) is 4.79 Å². The molecule has 0 aliphatic carbocycles. The second-order valence-electron chi connectivity index (χ2n) is 3.53. The van der Waals surface area contributed by atoms with E-state index in [4.69, 9.17) is 24.1 Å². The van der Waals surface area contributed by atoms with Crippen LogP contribution < -0.4 is 5.73 Å². The third-order valence-electron chi connectivity index (χ3n) is 2.45. The molecule has 0 atom stereocenters. The molecule has 0 saturated carbocycles. The van der Waals surface area contributed by atoms with Crippen LogP contribution in [0.25, 0.3) is 0 Å². The van der Waals surface area contributed by atoms with E-state index in [9.17, 15) is 9.59 Å². The molecule has 0 fully saturated rings. The summed E-state index contributed by atoms with van der Waals surface area (Å²) in [5, 5.41) is 8.86. The Bertz CT molecular complexity index is 318. The van der Waals surface area contributed by atoms with Gasteiger partial charge >= 0.3 is 14.8 Å². The molecule has 0 bridgehead atoms. The maximum absolute atomic E-state index is 10.8. The first kappa shape index (κ1) is 16.8. The van der Waals surface area contributed by atoms with Crippen molar-refractivity contribution in [3.05, 3.63) is 11.6 Å². The minimum atomic E-state index is -2.70. The fourth-order valence-electron chi connectivity index (χ4n) is 1.46. The van der Waals surface area contributed by atoms with Gasteiger partial charge in [0.15, 0.2) is 0 Å². The Hall–Kier alpha value is -1.22. The lowest BCUT2D eigenvalue weighted by Crippen LogP contribution is -2.42. The highest BCUT2D eigenvalue weighted by Crippen LogP contribution is 2.18. The average molecular weight is 277 g/mol. The number of carboxylic acids is 1. The highest BCUT2D eigenvalue weighted by molar-refractivity contribution is 6.60. The molecule has 0 heterocycles. The van der Waals surface area contributed by atoms with Crippen molar-refractivity contribution in [2.45, 2.75) is 18.9 Å². The van der Waals surface area contributed by atoms with Crippen LogP contribution in [0.1, 0.15) is 12.8 Å². The van der Waals surface area contributed by atoms with Crippen LogP contribution in [0.5, 0.6) is 0 Å². The van der Waals surface area contributed by atoms with E-state index in [1.807, 2.05) is 0 Å². The summed E-state index contributed by atoms with van der Waals surface area (Å²) < 4.78 is 15.6. The summed E-state index contributed by atoms with van der Waals surface area (Å²) in [5.74, 6) is -1.94. The van der Waals surface area contributed by atoms with Crippen LogP contribution in [0.15, 0.2) is 11.6 Å². The zero-order valence-electron chi connectivity index (χ0n) is 10.8. The topological polar surface area (TPSA) is 108 Å². The van der Waals surface area contributed by atoms with E-state index in [1.54, 1.807) is 0 Å². The van der Waals surface area contributed by atoms with Crippen LogP contribution in [0.3, 0.4) is 0 Å². The number of aliphatic carboxylic acids is 1. The molecule has 0 rings (SSSR count). The smallest absolute Gasteiger partial charge is 0.478 e. The maximum atomic E-state index is 10.8. The highest BCUT2D eigenvalue weighted by atomic mass is 28.4. The summed E-state index contributed by atoms with van der Waals surface area (Å²) in [6, 6.07) is 0.458. The van der Waals surface area contributed by atoms with Crippen molar-refractivity contribution in [3.63, 3.8) is 0 Å². The first-order valence-electron chi connectivity index (χ1n) is 5.29. The van der Waals surface area contributed by atoms with E-state index in [2.05, 4.69) is 0 Å². The minimum Gasteiger partial charge on any atom is -0.478 e. The molecule has 0 aliphatic heterocycles. The number of carboxylic acid groups (broad SMARTS) is 1. The number of carbonyl (C=O) groups excluding carboxylic acids is 1. The van der Waals surface area contributed by atoms with Gasteiger partial charge < -0.3 is 24.1 Å². The molecule has 0 spiro atoms. The lowest BCUT2D eigenvalue weighted by atomic mass is 10.1. The molecular weight excluding hydrogens is 258 g/mol. The highest BCUT2D eigenvalue weighted by Gasteiger charge is 2.37. The van der Waals surface area contributed by atoms with Gasteiger partial charge in [-0.15, -0.1) is 0 Å². The van der Waals surface area contributed by atoms with Crippen molar-refractivity contribution in [1.29, 1.82) is 0 Å². The van der Waals surface area contributed by atoms with Crippen LogP contribution in [0, 0.1) is 0 Å². The van der Waals surface area contributed by atoms with Crippen molar-refractivity contribution in [2.75, 3.05) is 21.3 Å². The standard InChI is InChI=1S/C10H19NO6Si/c1-15-18(16-2,17-3)6-4-5-8(10(13)14)7-9(11)12/h7H,4-6H2,1-3H3,(H2,11,12)(H,13,14)/b8-7-. The zero-order chi connectivity index (χ0) is 14.2. The molecule has 1 amide bonds.